The third-order valence-corrected chi connectivity index (χ3v) is 9.04. The molecule has 1 unspecified atom stereocenters. The monoisotopic (exact) mass is 527 g/mol. The van der Waals surface area contributed by atoms with E-state index in [-0.39, 0.29) is 17.2 Å². The zero-order chi connectivity index (χ0) is 26.7. The minimum atomic E-state index is -0.225. The first kappa shape index (κ1) is 27.5. The molecule has 37 heavy (non-hydrogen) atoms. The average molecular weight is 528 g/mol. The molecule has 1 fully saturated rings. The van der Waals surface area contributed by atoms with Gasteiger partial charge in [0, 0.05) is 10.9 Å². The standard InChI is InChI=1S/C29H41N3O4S/c1-18-11-13-32(14-12-18)17-25(33)31-28-26(21-9-7-19(29(2,3)4)15-24(21)37-28)27(34)30-22-10-8-20(35-5)16-23(22)36-6/h8,10,16,18-19H,7,9,11-15,17H2,1-6H3,(H,30,34)(H,31,33). The lowest BCUT2D eigenvalue weighted by Crippen LogP contribution is -2.38. The zero-order valence-electron chi connectivity index (χ0n) is 23.0. The van der Waals surface area contributed by atoms with Crippen LogP contribution in [0.15, 0.2) is 18.2 Å². The van der Waals surface area contributed by atoms with Gasteiger partial charge in [-0.1, -0.05) is 27.7 Å². The molecule has 1 aliphatic heterocycles. The van der Waals surface area contributed by atoms with Gasteiger partial charge in [0.15, 0.2) is 0 Å². The topological polar surface area (TPSA) is 79.9 Å². The van der Waals surface area contributed by atoms with Gasteiger partial charge in [-0.15, -0.1) is 11.3 Å². The molecule has 2 aliphatic rings. The number of nitrogens with zero attached hydrogens (tertiary/aromatic N) is 1. The van der Waals surface area contributed by atoms with Crippen LogP contribution in [0.1, 0.15) is 67.8 Å². The Hall–Kier alpha value is -2.58. The van der Waals surface area contributed by atoms with Gasteiger partial charge in [-0.2, -0.15) is 0 Å². The van der Waals surface area contributed by atoms with Gasteiger partial charge < -0.3 is 20.1 Å². The number of nitrogens with one attached hydrogen (secondary N) is 2. The predicted molar refractivity (Wildman–Crippen MR) is 150 cm³/mol. The number of thiophene rings is 1. The van der Waals surface area contributed by atoms with Crippen molar-refractivity contribution in [2.45, 2.75) is 59.8 Å². The minimum absolute atomic E-state index is 0.0587. The van der Waals surface area contributed by atoms with Crippen molar-refractivity contribution in [3.8, 4) is 11.5 Å². The molecule has 7 nitrogen and oxygen atoms in total. The van der Waals surface area contributed by atoms with E-state index in [2.05, 4.69) is 43.2 Å². The zero-order valence-corrected chi connectivity index (χ0v) is 23.8. The quantitative estimate of drug-likeness (QED) is 0.473. The number of methoxy groups -OCH3 is 2. The van der Waals surface area contributed by atoms with Crippen molar-refractivity contribution in [2.24, 2.45) is 17.3 Å². The fourth-order valence-corrected chi connectivity index (χ4v) is 6.67. The number of rotatable bonds is 7. The number of anilines is 2. The Morgan fingerprint density at radius 3 is 2.46 bits per heavy atom. The largest absolute Gasteiger partial charge is 0.497 e. The highest BCUT2D eigenvalue weighted by Gasteiger charge is 2.34. The van der Waals surface area contributed by atoms with Crippen LogP contribution < -0.4 is 20.1 Å². The summed E-state index contributed by atoms with van der Waals surface area (Å²) in [5, 5.41) is 6.80. The number of piperidine rings is 1. The molecule has 0 spiro atoms. The van der Waals surface area contributed by atoms with E-state index in [0.717, 1.165) is 50.8 Å². The second-order valence-electron chi connectivity index (χ2n) is 11.5. The van der Waals surface area contributed by atoms with Crippen molar-refractivity contribution in [3.63, 3.8) is 0 Å². The molecule has 2 amide bonds. The number of carbonyl (C=O) groups is 2. The summed E-state index contributed by atoms with van der Waals surface area (Å²) in [5.74, 6) is 2.14. The SMILES string of the molecule is COc1ccc(NC(=O)c2c(NC(=O)CN3CCC(C)CC3)sc3c2CCC(C(C)(C)C)C3)c(OC)c1. The molecule has 202 valence electrons. The smallest absolute Gasteiger partial charge is 0.259 e. The highest BCUT2D eigenvalue weighted by Crippen LogP contribution is 2.44. The summed E-state index contributed by atoms with van der Waals surface area (Å²) in [4.78, 5) is 30.2. The number of likely N-dealkylation sites (tertiary alicyclic amines) is 1. The normalized spacial score (nSPS) is 18.7. The highest BCUT2D eigenvalue weighted by atomic mass is 32.1. The molecule has 0 saturated carbocycles. The molecule has 2 N–H and O–H groups in total. The number of carbonyl (C=O) groups excluding carboxylic acids is 2. The van der Waals surface area contributed by atoms with Crippen LogP contribution in [0.2, 0.25) is 0 Å². The summed E-state index contributed by atoms with van der Waals surface area (Å²) < 4.78 is 10.8. The van der Waals surface area contributed by atoms with E-state index in [4.69, 9.17) is 9.47 Å². The van der Waals surface area contributed by atoms with Gasteiger partial charge in [0.25, 0.3) is 5.91 Å². The molecule has 1 saturated heterocycles. The molecular weight excluding hydrogens is 486 g/mol. The van der Waals surface area contributed by atoms with Crippen LogP contribution in [0.4, 0.5) is 10.7 Å². The summed E-state index contributed by atoms with van der Waals surface area (Å²) >= 11 is 1.56. The van der Waals surface area contributed by atoms with E-state index in [0.29, 0.717) is 46.1 Å². The van der Waals surface area contributed by atoms with E-state index < -0.39 is 0 Å². The molecule has 1 aromatic heterocycles. The summed E-state index contributed by atoms with van der Waals surface area (Å²) in [7, 11) is 3.16. The predicted octanol–water partition coefficient (Wildman–Crippen LogP) is 5.84. The Kier molecular flexibility index (Phi) is 8.49. The van der Waals surface area contributed by atoms with Crippen LogP contribution in [0.5, 0.6) is 11.5 Å². The number of ether oxygens (including phenoxy) is 2. The molecule has 1 aliphatic carbocycles. The molecule has 2 aromatic rings. The van der Waals surface area contributed by atoms with Crippen molar-refractivity contribution < 1.29 is 19.1 Å². The fourth-order valence-electron chi connectivity index (χ4n) is 5.33. The van der Waals surface area contributed by atoms with E-state index in [1.165, 1.54) is 4.88 Å². The molecule has 0 bridgehead atoms. The third-order valence-electron chi connectivity index (χ3n) is 7.87. The summed E-state index contributed by atoms with van der Waals surface area (Å²) in [6.45, 7) is 11.3. The molecule has 1 atom stereocenters. The molecular formula is C29H41N3O4S. The van der Waals surface area contributed by atoms with E-state index in [1.807, 2.05) is 0 Å². The van der Waals surface area contributed by atoms with Gasteiger partial charge >= 0.3 is 0 Å². The summed E-state index contributed by atoms with van der Waals surface area (Å²) in [6, 6.07) is 5.31. The van der Waals surface area contributed by atoms with Crippen LogP contribution in [0, 0.1) is 17.3 Å². The van der Waals surface area contributed by atoms with Crippen molar-refractivity contribution >= 4 is 33.8 Å². The maximum absolute atomic E-state index is 13.7. The van der Waals surface area contributed by atoms with Crippen molar-refractivity contribution in [1.29, 1.82) is 0 Å². The van der Waals surface area contributed by atoms with Gasteiger partial charge in [-0.3, -0.25) is 14.5 Å². The van der Waals surface area contributed by atoms with Gasteiger partial charge in [0.2, 0.25) is 5.91 Å². The molecule has 4 rings (SSSR count). The summed E-state index contributed by atoms with van der Waals surface area (Å²) in [6.07, 6.45) is 5.02. The molecule has 8 heteroatoms. The first-order valence-electron chi connectivity index (χ1n) is 13.3. The first-order valence-corrected chi connectivity index (χ1v) is 14.1. The average Bonchev–Trinajstić information content (AvgIpc) is 3.22. The van der Waals surface area contributed by atoms with Crippen molar-refractivity contribution in [1.82, 2.24) is 4.90 Å². The maximum Gasteiger partial charge on any atom is 0.259 e. The lowest BCUT2D eigenvalue weighted by molar-refractivity contribution is -0.117. The number of amides is 2. The van der Waals surface area contributed by atoms with Crippen LogP contribution in [-0.2, 0) is 17.6 Å². The Balaban J connectivity index is 1.60. The lowest BCUT2D eigenvalue weighted by atomic mass is 9.72. The second kappa shape index (κ2) is 11.4. The van der Waals surface area contributed by atoms with Gasteiger partial charge in [-0.25, -0.2) is 0 Å². The Bertz CT molecular complexity index is 1130. The third kappa shape index (κ3) is 6.47. The number of hydrogen-bond acceptors (Lipinski definition) is 6. The van der Waals surface area contributed by atoms with Crippen molar-refractivity contribution in [2.75, 3.05) is 44.5 Å². The molecule has 2 heterocycles. The Labute approximate surface area is 224 Å². The van der Waals surface area contributed by atoms with E-state index >= 15 is 0 Å². The molecule has 0 radical (unpaired) electrons. The lowest BCUT2D eigenvalue weighted by Gasteiger charge is -2.33. The van der Waals surface area contributed by atoms with Gasteiger partial charge in [0.05, 0.1) is 32.0 Å². The van der Waals surface area contributed by atoms with Crippen LogP contribution in [0.3, 0.4) is 0 Å². The number of hydrogen-bond donors (Lipinski definition) is 2. The van der Waals surface area contributed by atoms with Crippen LogP contribution in [0.25, 0.3) is 0 Å². The highest BCUT2D eigenvalue weighted by molar-refractivity contribution is 7.17. The van der Waals surface area contributed by atoms with Gasteiger partial charge in [0.1, 0.15) is 16.5 Å². The van der Waals surface area contributed by atoms with E-state index in [1.54, 1.807) is 43.8 Å². The first-order chi connectivity index (χ1) is 17.6. The molecule has 1 aromatic carbocycles. The van der Waals surface area contributed by atoms with Crippen LogP contribution >= 0.6 is 11.3 Å². The summed E-state index contributed by atoms with van der Waals surface area (Å²) in [5.41, 5.74) is 2.41. The Morgan fingerprint density at radius 2 is 1.81 bits per heavy atom. The van der Waals surface area contributed by atoms with Gasteiger partial charge in [-0.05, 0) is 80.1 Å². The Morgan fingerprint density at radius 1 is 1.08 bits per heavy atom. The maximum atomic E-state index is 13.7. The van der Waals surface area contributed by atoms with E-state index in [9.17, 15) is 9.59 Å². The fraction of sp³-hybridized carbons (Fsp3) is 0.586. The second-order valence-corrected chi connectivity index (χ2v) is 12.6. The number of benzene rings is 1. The minimum Gasteiger partial charge on any atom is -0.497 e. The van der Waals surface area contributed by atoms with Crippen molar-refractivity contribution in [3.05, 3.63) is 34.2 Å². The number of fused-ring (bicyclic) bond motifs is 1. The van der Waals surface area contributed by atoms with Crippen LogP contribution in [-0.4, -0.2) is 50.6 Å².